The highest BCUT2D eigenvalue weighted by molar-refractivity contribution is 5.82. The van der Waals surface area contributed by atoms with E-state index in [4.69, 9.17) is 5.11 Å². The second-order valence-electron chi connectivity index (χ2n) is 3.80. The zero-order valence-electron chi connectivity index (χ0n) is 9.03. The van der Waals surface area contributed by atoms with Crippen molar-refractivity contribution in [2.45, 2.75) is 19.5 Å². The molecule has 2 aromatic rings. The summed E-state index contributed by atoms with van der Waals surface area (Å²) in [5.41, 5.74) is 2.18. The lowest BCUT2D eigenvalue weighted by Gasteiger charge is -2.09. The highest BCUT2D eigenvalue weighted by Crippen LogP contribution is 2.17. The van der Waals surface area contributed by atoms with Crippen LogP contribution in [-0.4, -0.2) is 22.1 Å². The number of benzene rings is 1. The maximum Gasteiger partial charge on any atom is 0.320 e. The van der Waals surface area contributed by atoms with E-state index in [1.54, 1.807) is 6.92 Å². The smallest absolute Gasteiger partial charge is 0.320 e. The van der Waals surface area contributed by atoms with Gasteiger partial charge in [-0.3, -0.25) is 4.79 Å². The van der Waals surface area contributed by atoms with Gasteiger partial charge in [-0.2, -0.15) is 0 Å². The molecule has 4 nitrogen and oxygen atoms in total. The molecule has 1 atom stereocenters. The number of aromatic nitrogens is 1. The number of rotatable bonds is 4. The van der Waals surface area contributed by atoms with E-state index in [-0.39, 0.29) is 0 Å². The molecule has 0 aliphatic carbocycles. The van der Waals surface area contributed by atoms with Gasteiger partial charge in [-0.25, -0.2) is 0 Å². The van der Waals surface area contributed by atoms with Gasteiger partial charge in [0.15, 0.2) is 0 Å². The van der Waals surface area contributed by atoms with Crippen molar-refractivity contribution in [3.8, 4) is 0 Å². The van der Waals surface area contributed by atoms with Crippen molar-refractivity contribution in [2.75, 3.05) is 0 Å². The highest BCUT2D eigenvalue weighted by atomic mass is 16.4. The first-order chi connectivity index (χ1) is 7.68. The summed E-state index contributed by atoms with van der Waals surface area (Å²) in [6.45, 7) is 2.20. The second kappa shape index (κ2) is 4.37. The van der Waals surface area contributed by atoms with Gasteiger partial charge in [-0.1, -0.05) is 12.1 Å². The van der Waals surface area contributed by atoms with Crippen LogP contribution < -0.4 is 5.32 Å². The zero-order chi connectivity index (χ0) is 11.5. The summed E-state index contributed by atoms with van der Waals surface area (Å²) in [5, 5.41) is 12.9. The summed E-state index contributed by atoms with van der Waals surface area (Å²) in [7, 11) is 0. The molecular weight excluding hydrogens is 204 g/mol. The quantitative estimate of drug-likeness (QED) is 0.732. The van der Waals surface area contributed by atoms with Gasteiger partial charge in [0.25, 0.3) is 0 Å². The molecule has 0 saturated heterocycles. The average molecular weight is 218 g/mol. The number of carbonyl (C=O) groups is 1. The first-order valence-electron chi connectivity index (χ1n) is 5.19. The number of nitrogens with one attached hydrogen (secondary N) is 2. The predicted molar refractivity (Wildman–Crippen MR) is 62.2 cm³/mol. The molecule has 1 aromatic heterocycles. The molecule has 16 heavy (non-hydrogen) atoms. The largest absolute Gasteiger partial charge is 0.480 e. The summed E-state index contributed by atoms with van der Waals surface area (Å²) in [5.74, 6) is -0.832. The summed E-state index contributed by atoms with van der Waals surface area (Å²) in [4.78, 5) is 13.8. The highest BCUT2D eigenvalue weighted by Gasteiger charge is 2.10. The summed E-state index contributed by atoms with van der Waals surface area (Å²) in [6.07, 6.45) is 1.88. The number of fused-ring (bicyclic) bond motifs is 1. The van der Waals surface area contributed by atoms with E-state index in [1.807, 2.05) is 30.5 Å². The molecule has 1 heterocycles. The van der Waals surface area contributed by atoms with Crippen LogP contribution in [0.25, 0.3) is 10.9 Å². The van der Waals surface area contributed by atoms with Crippen LogP contribution >= 0.6 is 0 Å². The van der Waals surface area contributed by atoms with Crippen molar-refractivity contribution in [3.63, 3.8) is 0 Å². The second-order valence-corrected chi connectivity index (χ2v) is 3.80. The Labute approximate surface area is 93.3 Å². The van der Waals surface area contributed by atoms with Crippen molar-refractivity contribution in [2.24, 2.45) is 0 Å². The average Bonchev–Trinajstić information content (AvgIpc) is 2.73. The third-order valence-corrected chi connectivity index (χ3v) is 2.65. The lowest BCUT2D eigenvalue weighted by Crippen LogP contribution is -2.33. The van der Waals surface area contributed by atoms with E-state index in [2.05, 4.69) is 10.3 Å². The Morgan fingerprint density at radius 3 is 3.06 bits per heavy atom. The molecule has 0 saturated carbocycles. The van der Waals surface area contributed by atoms with Gasteiger partial charge >= 0.3 is 5.97 Å². The minimum atomic E-state index is -0.832. The van der Waals surface area contributed by atoms with Crippen LogP contribution in [-0.2, 0) is 11.3 Å². The fraction of sp³-hybridized carbons (Fsp3) is 0.250. The SMILES string of the molecule is CC(NCc1cccc2[nH]ccc12)C(=O)O. The third kappa shape index (κ3) is 2.06. The maximum atomic E-state index is 10.7. The van der Waals surface area contributed by atoms with Crippen molar-refractivity contribution >= 4 is 16.9 Å². The molecule has 0 spiro atoms. The van der Waals surface area contributed by atoms with Gasteiger partial charge in [0.05, 0.1) is 0 Å². The molecule has 0 aliphatic rings. The van der Waals surface area contributed by atoms with Crippen LogP contribution in [0.2, 0.25) is 0 Å². The summed E-state index contributed by atoms with van der Waals surface area (Å²) >= 11 is 0. The first-order valence-corrected chi connectivity index (χ1v) is 5.19. The van der Waals surface area contributed by atoms with Crippen molar-refractivity contribution in [1.82, 2.24) is 10.3 Å². The van der Waals surface area contributed by atoms with E-state index >= 15 is 0 Å². The van der Waals surface area contributed by atoms with E-state index < -0.39 is 12.0 Å². The van der Waals surface area contributed by atoms with Crippen molar-refractivity contribution in [1.29, 1.82) is 0 Å². The predicted octanol–water partition coefficient (Wildman–Crippen LogP) is 1.73. The van der Waals surface area contributed by atoms with Gasteiger partial charge in [0, 0.05) is 23.6 Å². The lowest BCUT2D eigenvalue weighted by atomic mass is 10.1. The standard InChI is InChI=1S/C12H14N2O2/c1-8(12(15)16)14-7-9-3-2-4-11-10(9)5-6-13-11/h2-6,8,13-14H,7H2,1H3,(H,15,16). The minimum Gasteiger partial charge on any atom is -0.480 e. The maximum absolute atomic E-state index is 10.7. The number of aliphatic carboxylic acids is 1. The Hall–Kier alpha value is -1.81. The van der Waals surface area contributed by atoms with Gasteiger partial charge in [-0.15, -0.1) is 0 Å². The Morgan fingerprint density at radius 1 is 1.50 bits per heavy atom. The van der Waals surface area contributed by atoms with Crippen LogP contribution in [0.4, 0.5) is 0 Å². The Balaban J connectivity index is 2.15. The Morgan fingerprint density at radius 2 is 2.31 bits per heavy atom. The van der Waals surface area contributed by atoms with Crippen LogP contribution in [0.5, 0.6) is 0 Å². The summed E-state index contributed by atoms with van der Waals surface area (Å²) < 4.78 is 0. The Bertz CT molecular complexity index is 504. The minimum absolute atomic E-state index is 0.533. The van der Waals surface area contributed by atoms with E-state index in [0.29, 0.717) is 6.54 Å². The van der Waals surface area contributed by atoms with E-state index in [9.17, 15) is 4.79 Å². The fourth-order valence-corrected chi connectivity index (χ4v) is 1.65. The number of H-pyrrole nitrogens is 1. The zero-order valence-corrected chi connectivity index (χ0v) is 9.03. The number of carboxylic acids is 1. The molecule has 0 amide bonds. The van der Waals surface area contributed by atoms with Gasteiger partial charge in [0.1, 0.15) is 6.04 Å². The molecule has 0 aliphatic heterocycles. The van der Waals surface area contributed by atoms with Crippen LogP contribution in [0.15, 0.2) is 30.5 Å². The lowest BCUT2D eigenvalue weighted by molar-refractivity contribution is -0.139. The molecule has 4 heteroatoms. The van der Waals surface area contributed by atoms with Crippen molar-refractivity contribution in [3.05, 3.63) is 36.0 Å². The molecule has 1 aromatic carbocycles. The topological polar surface area (TPSA) is 65.1 Å². The van der Waals surface area contributed by atoms with Crippen LogP contribution in [0, 0.1) is 0 Å². The fourth-order valence-electron chi connectivity index (χ4n) is 1.65. The molecule has 0 radical (unpaired) electrons. The molecule has 2 rings (SSSR count). The molecule has 0 fully saturated rings. The van der Waals surface area contributed by atoms with Gasteiger partial charge in [0.2, 0.25) is 0 Å². The molecule has 84 valence electrons. The molecular formula is C12H14N2O2. The monoisotopic (exact) mass is 218 g/mol. The number of hydrogen-bond donors (Lipinski definition) is 3. The number of carboxylic acid groups (broad SMARTS) is 1. The molecule has 0 bridgehead atoms. The van der Waals surface area contributed by atoms with Gasteiger partial charge < -0.3 is 15.4 Å². The van der Waals surface area contributed by atoms with Crippen molar-refractivity contribution < 1.29 is 9.90 Å². The normalized spacial score (nSPS) is 12.8. The first kappa shape index (κ1) is 10.7. The van der Waals surface area contributed by atoms with E-state index in [1.165, 1.54) is 0 Å². The van der Waals surface area contributed by atoms with Gasteiger partial charge in [-0.05, 0) is 24.6 Å². The molecule has 1 unspecified atom stereocenters. The van der Waals surface area contributed by atoms with Crippen LogP contribution in [0.3, 0.4) is 0 Å². The summed E-state index contributed by atoms with van der Waals surface area (Å²) in [6, 6.07) is 7.42. The number of hydrogen-bond acceptors (Lipinski definition) is 2. The molecule has 3 N–H and O–H groups in total. The number of aromatic amines is 1. The van der Waals surface area contributed by atoms with E-state index in [0.717, 1.165) is 16.5 Å². The Kier molecular flexibility index (Phi) is 2.92. The third-order valence-electron chi connectivity index (χ3n) is 2.65. The van der Waals surface area contributed by atoms with Crippen LogP contribution in [0.1, 0.15) is 12.5 Å².